The first-order valence-electron chi connectivity index (χ1n) is 14.4. The molecule has 0 aliphatic carbocycles. The molecule has 6 heterocycles. The van der Waals surface area contributed by atoms with Crippen LogP contribution >= 0.6 is 34.2 Å². The Bertz CT molecular complexity index is 2210. The molecule has 0 spiro atoms. The molecule has 0 amide bonds. The number of benzene rings is 3. The van der Waals surface area contributed by atoms with Gasteiger partial charge in [0.1, 0.15) is 49.4 Å². The van der Waals surface area contributed by atoms with Crippen molar-refractivity contribution in [3.8, 4) is 0 Å². The lowest BCUT2D eigenvalue weighted by Gasteiger charge is -2.01. The van der Waals surface area contributed by atoms with Crippen LogP contribution in [-0.2, 0) is 4.57 Å². The number of H-pyrrole nitrogens is 3. The molecule has 272 valence electrons. The number of rotatable bonds is 9. The van der Waals surface area contributed by atoms with Crippen molar-refractivity contribution in [2.75, 3.05) is 0 Å². The van der Waals surface area contributed by atoms with Crippen LogP contribution in [0.25, 0.3) is 33.1 Å². The monoisotopic (exact) mass is 800 g/mol. The van der Waals surface area contributed by atoms with Crippen LogP contribution in [-0.4, -0.2) is 106 Å². The van der Waals surface area contributed by atoms with Gasteiger partial charge in [0, 0.05) is 0 Å². The highest BCUT2D eigenvalue weighted by Gasteiger charge is 2.08. The molecule has 0 saturated heterocycles. The number of nitrogens with zero attached hydrogens (tertiary/aromatic N) is 15. The Hall–Kier alpha value is -5.92. The number of fused-ring (bicyclic) bond motifs is 3. The largest absolute Gasteiger partial charge is 0.466 e. The van der Waals surface area contributed by atoms with E-state index in [1.54, 1.807) is 18.6 Å². The molecular formula is C24H24N18O7P4. The molecule has 3 unspecified atom stereocenters. The Kier molecular flexibility index (Phi) is 12.5. The van der Waals surface area contributed by atoms with E-state index in [1.165, 1.54) is 14.5 Å². The number of hydrogen-bond acceptors (Lipinski definition) is 16. The van der Waals surface area contributed by atoms with E-state index < -0.39 is 7.82 Å². The van der Waals surface area contributed by atoms with E-state index in [1.807, 2.05) is 72.8 Å². The van der Waals surface area contributed by atoms with Crippen molar-refractivity contribution in [2.24, 2.45) is 0 Å². The standard InChI is InChI=1S/3C8H7N6OP.H3O4P/c3*1-2-4-7-6(3-1)10-13-14(7)15-16-8-5-9-12-11-8;1-5(2,3)4/h3*1-5,16H,(H,9,11,12);(H3,1,2,3,4). The van der Waals surface area contributed by atoms with E-state index in [-0.39, 0.29) is 26.4 Å². The number of phosphoric acid groups is 1. The van der Waals surface area contributed by atoms with Crippen LogP contribution in [0.3, 0.4) is 0 Å². The van der Waals surface area contributed by atoms with Crippen molar-refractivity contribution >= 4 is 83.7 Å². The van der Waals surface area contributed by atoms with Crippen LogP contribution in [0.5, 0.6) is 0 Å². The summed E-state index contributed by atoms with van der Waals surface area (Å²) in [5, 5.41) is 53.6. The third kappa shape index (κ3) is 11.0. The van der Waals surface area contributed by atoms with Crippen LogP contribution in [0.4, 0.5) is 0 Å². The average molecular weight is 800 g/mol. The lowest BCUT2D eigenvalue weighted by Crippen LogP contribution is -2.09. The van der Waals surface area contributed by atoms with E-state index in [4.69, 9.17) is 33.1 Å². The summed E-state index contributed by atoms with van der Waals surface area (Å²) < 4.78 is 25.2. The smallest absolute Gasteiger partial charge is 0.373 e. The van der Waals surface area contributed by atoms with Crippen molar-refractivity contribution in [3.63, 3.8) is 0 Å². The second-order valence-electron chi connectivity index (χ2n) is 9.52. The minimum absolute atomic E-state index is 0.0422. The van der Waals surface area contributed by atoms with Crippen molar-refractivity contribution in [1.82, 2.24) is 91.7 Å². The van der Waals surface area contributed by atoms with E-state index in [0.717, 1.165) is 49.4 Å². The predicted molar refractivity (Wildman–Crippen MR) is 190 cm³/mol. The van der Waals surface area contributed by atoms with Gasteiger partial charge in [-0.15, -0.1) is 30.6 Å². The molecule has 0 aliphatic rings. The van der Waals surface area contributed by atoms with Crippen molar-refractivity contribution in [3.05, 3.63) is 91.4 Å². The summed E-state index contributed by atoms with van der Waals surface area (Å²) in [6.45, 7) is 0. The molecule has 3 atom stereocenters. The van der Waals surface area contributed by atoms with E-state index >= 15 is 0 Å². The fourth-order valence-electron chi connectivity index (χ4n) is 3.77. The minimum Gasteiger partial charge on any atom is -0.373 e. The molecule has 25 nitrogen and oxygen atoms in total. The predicted octanol–water partition coefficient (Wildman–Crippen LogP) is -1.24. The fourth-order valence-corrected chi connectivity index (χ4v) is 5.36. The molecule has 9 rings (SSSR count). The number of hydrogen-bond donors (Lipinski definition) is 6. The van der Waals surface area contributed by atoms with E-state index in [0.29, 0.717) is 0 Å². The zero-order valence-corrected chi connectivity index (χ0v) is 30.2. The van der Waals surface area contributed by atoms with Gasteiger partial charge in [-0.25, -0.2) is 4.57 Å². The molecule has 0 aliphatic heterocycles. The Labute approximate surface area is 299 Å². The van der Waals surface area contributed by atoms with Gasteiger partial charge in [0.05, 0.1) is 18.6 Å². The lowest BCUT2D eigenvalue weighted by molar-refractivity contribution is 0.274. The lowest BCUT2D eigenvalue weighted by atomic mass is 10.3. The quantitative estimate of drug-likeness (QED) is 0.0930. The number of aromatic nitrogens is 18. The topological polar surface area (TPSA) is 322 Å². The van der Waals surface area contributed by atoms with Crippen LogP contribution in [0.15, 0.2) is 91.4 Å². The normalized spacial score (nSPS) is 11.5. The van der Waals surface area contributed by atoms with Crippen LogP contribution in [0, 0.1) is 0 Å². The highest BCUT2D eigenvalue weighted by Crippen LogP contribution is 2.25. The molecule has 53 heavy (non-hydrogen) atoms. The highest BCUT2D eigenvalue weighted by molar-refractivity contribution is 7.45. The Morgan fingerprint density at radius 2 is 0.774 bits per heavy atom. The molecule has 29 heteroatoms. The molecule has 0 saturated carbocycles. The zero-order valence-electron chi connectivity index (χ0n) is 26.3. The maximum absolute atomic E-state index is 8.88. The molecule has 9 aromatic rings. The van der Waals surface area contributed by atoms with Crippen molar-refractivity contribution in [1.29, 1.82) is 0 Å². The molecule has 3 aromatic carbocycles. The third-order valence-electron chi connectivity index (χ3n) is 5.92. The summed E-state index contributed by atoms with van der Waals surface area (Å²) in [5.41, 5.74) is 7.10. The summed E-state index contributed by atoms with van der Waals surface area (Å²) >= 11 is 0. The molecule has 0 bridgehead atoms. The maximum Gasteiger partial charge on any atom is 0.466 e. The van der Waals surface area contributed by atoms with Gasteiger partial charge in [-0.05, 0) is 52.0 Å². The summed E-state index contributed by atoms with van der Waals surface area (Å²) in [4.78, 5) is 25.7. The van der Waals surface area contributed by atoms with Crippen molar-refractivity contribution < 1.29 is 33.1 Å². The van der Waals surface area contributed by atoms with E-state index in [2.05, 4.69) is 77.2 Å². The molecular weight excluding hydrogens is 776 g/mol. The summed E-state index contributed by atoms with van der Waals surface area (Å²) in [5.74, 6) is 0. The van der Waals surface area contributed by atoms with Crippen LogP contribution in [0.1, 0.15) is 0 Å². The molecule has 6 N–H and O–H groups in total. The first-order valence-corrected chi connectivity index (χ1v) is 18.7. The number of nitrogens with one attached hydrogen (secondary N) is 3. The Balaban J connectivity index is 0.000000128. The van der Waals surface area contributed by atoms with Crippen LogP contribution < -0.4 is 30.2 Å². The van der Waals surface area contributed by atoms with Gasteiger partial charge >= 0.3 is 7.82 Å². The van der Waals surface area contributed by atoms with Crippen molar-refractivity contribution in [2.45, 2.75) is 0 Å². The van der Waals surface area contributed by atoms with Gasteiger partial charge in [-0.3, -0.25) is 15.3 Å². The van der Waals surface area contributed by atoms with Gasteiger partial charge < -0.3 is 28.6 Å². The summed E-state index contributed by atoms with van der Waals surface area (Å²) in [7, 11) is -4.51. The molecule has 0 radical (unpaired) electrons. The highest BCUT2D eigenvalue weighted by atomic mass is 31.2. The molecule has 0 fully saturated rings. The average Bonchev–Trinajstić information content (AvgIpc) is 4.02. The SMILES string of the molecule is O=P(O)(O)O.c1ccc2c(c1)nnn2OPc1c[nH]nn1.c1ccc2c(c1)nnn2OPc1c[nH]nn1.c1ccc2c(c1)nnn2OPc1c[nH]nn1. The van der Waals surface area contributed by atoms with Gasteiger partial charge in [-0.2, -0.15) is 0 Å². The second kappa shape index (κ2) is 18.0. The number of para-hydroxylation sites is 3. The van der Waals surface area contributed by atoms with Gasteiger partial charge in [0.15, 0.2) is 26.4 Å². The van der Waals surface area contributed by atoms with E-state index in [9.17, 15) is 0 Å². The zero-order chi connectivity index (χ0) is 36.9. The Morgan fingerprint density at radius 1 is 0.491 bits per heavy atom. The third-order valence-corrected chi connectivity index (χ3v) is 8.08. The first-order chi connectivity index (χ1) is 25.8. The minimum atomic E-state index is -4.64. The van der Waals surface area contributed by atoms with Gasteiger partial charge in [0.25, 0.3) is 0 Å². The Morgan fingerprint density at radius 3 is 1.04 bits per heavy atom. The molecule has 6 aromatic heterocycles. The maximum atomic E-state index is 8.88. The fraction of sp³-hybridized carbons (Fsp3) is 0. The van der Waals surface area contributed by atoms with Gasteiger partial charge in [0.2, 0.25) is 0 Å². The second-order valence-corrected chi connectivity index (χ2v) is 13.2. The number of aromatic amines is 3. The first kappa shape index (κ1) is 36.9. The summed E-state index contributed by atoms with van der Waals surface area (Å²) in [6.07, 6.45) is 5.03. The van der Waals surface area contributed by atoms with Crippen LogP contribution in [0.2, 0.25) is 0 Å². The summed E-state index contributed by atoms with van der Waals surface area (Å²) in [6, 6.07) is 22.7. The van der Waals surface area contributed by atoms with Gasteiger partial charge in [-0.1, -0.05) is 66.6 Å².